The topological polar surface area (TPSA) is 63.9 Å². The van der Waals surface area contributed by atoms with Gasteiger partial charge in [-0.25, -0.2) is 0 Å². The zero-order valence-electron chi connectivity index (χ0n) is 18.7. The van der Waals surface area contributed by atoms with E-state index in [-0.39, 0.29) is 0 Å². The van der Waals surface area contributed by atoms with Crippen LogP contribution in [0.15, 0.2) is 35.5 Å². The molecule has 2 unspecified atom stereocenters. The Labute approximate surface area is 190 Å². The summed E-state index contributed by atoms with van der Waals surface area (Å²) in [7, 11) is 0. The standard InChI is InChI=1S/C24H36N6S/c1-2-9-29(20-4-6-22-23(17-20)31-24(25)27-22)13-10-28-11-14-30(15-12-28)19-3-5-21-18(16-19)7-8-26-21/h3,5,7-8,16,20,22-23,26H,2,4,6,9-15,17H2,1H3,(H2,25,27)/t20-,22?,23?/m0/s1. The summed E-state index contributed by atoms with van der Waals surface area (Å²) in [5.74, 6) is 0. The van der Waals surface area contributed by atoms with Crippen LogP contribution >= 0.6 is 11.8 Å². The van der Waals surface area contributed by atoms with Crippen molar-refractivity contribution in [1.82, 2.24) is 14.8 Å². The van der Waals surface area contributed by atoms with E-state index < -0.39 is 0 Å². The number of hydrogen-bond acceptors (Lipinski definition) is 6. The van der Waals surface area contributed by atoms with Gasteiger partial charge in [0.15, 0.2) is 5.17 Å². The Morgan fingerprint density at radius 1 is 1.16 bits per heavy atom. The van der Waals surface area contributed by atoms with Crippen molar-refractivity contribution in [2.75, 3.05) is 50.7 Å². The van der Waals surface area contributed by atoms with Gasteiger partial charge in [0.1, 0.15) is 0 Å². The largest absolute Gasteiger partial charge is 0.379 e. The average Bonchev–Trinajstić information content (AvgIpc) is 3.41. The lowest BCUT2D eigenvalue weighted by Gasteiger charge is -2.40. The van der Waals surface area contributed by atoms with E-state index in [0.29, 0.717) is 17.3 Å². The third-order valence-corrected chi connectivity index (χ3v) is 8.46. The molecule has 0 amide bonds. The first-order valence-corrected chi connectivity index (χ1v) is 12.9. The summed E-state index contributed by atoms with van der Waals surface area (Å²) in [6.45, 7) is 10.4. The molecular weight excluding hydrogens is 404 g/mol. The summed E-state index contributed by atoms with van der Waals surface area (Å²) in [6, 6.07) is 10.1. The Hall–Kier alpha value is -1.70. The van der Waals surface area contributed by atoms with E-state index >= 15 is 0 Å². The number of thioether (sulfide) groups is 1. The maximum atomic E-state index is 5.99. The zero-order valence-corrected chi connectivity index (χ0v) is 19.5. The number of piperazine rings is 1. The van der Waals surface area contributed by atoms with Crippen molar-refractivity contribution >= 4 is 33.5 Å². The number of rotatable bonds is 7. The van der Waals surface area contributed by atoms with Gasteiger partial charge in [-0.1, -0.05) is 18.7 Å². The molecule has 3 aliphatic rings. The molecule has 31 heavy (non-hydrogen) atoms. The number of nitrogens with zero attached hydrogens (tertiary/aromatic N) is 4. The summed E-state index contributed by atoms with van der Waals surface area (Å²) in [4.78, 5) is 15.9. The molecule has 3 heterocycles. The minimum atomic E-state index is 0.475. The molecule has 3 atom stereocenters. The SMILES string of the molecule is CCCN(CCN1CCN(c2ccc3[nH]ccc3c2)CC1)[C@H]1CCC2N=C(N)SC2C1. The van der Waals surface area contributed by atoms with Crippen LogP contribution in [0.2, 0.25) is 0 Å². The highest BCUT2D eigenvalue weighted by Crippen LogP contribution is 2.37. The van der Waals surface area contributed by atoms with Gasteiger partial charge in [-0.05, 0) is 56.5 Å². The number of amidine groups is 1. The smallest absolute Gasteiger partial charge is 0.154 e. The van der Waals surface area contributed by atoms with Gasteiger partial charge < -0.3 is 15.6 Å². The minimum Gasteiger partial charge on any atom is -0.379 e. The van der Waals surface area contributed by atoms with Crippen LogP contribution in [0.25, 0.3) is 10.9 Å². The molecule has 0 bridgehead atoms. The second-order valence-corrected chi connectivity index (χ2v) is 10.5. The fourth-order valence-electron chi connectivity index (χ4n) is 5.55. The Morgan fingerprint density at radius 2 is 2.03 bits per heavy atom. The number of aromatic amines is 1. The van der Waals surface area contributed by atoms with Gasteiger partial charge in [-0.15, -0.1) is 0 Å². The summed E-state index contributed by atoms with van der Waals surface area (Å²) in [5, 5.41) is 2.72. The van der Waals surface area contributed by atoms with E-state index in [9.17, 15) is 0 Å². The molecule has 1 saturated carbocycles. The van der Waals surface area contributed by atoms with Crippen molar-refractivity contribution < 1.29 is 0 Å². The van der Waals surface area contributed by atoms with Crippen LogP contribution in [0.3, 0.4) is 0 Å². The van der Waals surface area contributed by atoms with Gasteiger partial charge in [0.25, 0.3) is 0 Å². The number of anilines is 1. The van der Waals surface area contributed by atoms with Crippen LogP contribution in [-0.2, 0) is 0 Å². The van der Waals surface area contributed by atoms with Crippen LogP contribution in [0.4, 0.5) is 5.69 Å². The molecule has 7 heteroatoms. The van der Waals surface area contributed by atoms with Crippen molar-refractivity contribution in [2.45, 2.75) is 49.9 Å². The number of aliphatic imine (C=N–C) groups is 1. The first kappa shape index (κ1) is 21.2. The second-order valence-electron chi connectivity index (χ2n) is 9.27. The maximum absolute atomic E-state index is 5.99. The highest BCUT2D eigenvalue weighted by Gasteiger charge is 2.37. The third-order valence-electron chi connectivity index (χ3n) is 7.30. The quantitative estimate of drug-likeness (QED) is 0.691. The first-order valence-electron chi connectivity index (χ1n) is 12.0. The lowest BCUT2D eigenvalue weighted by atomic mass is 9.90. The van der Waals surface area contributed by atoms with Gasteiger partial charge in [0, 0.05) is 73.3 Å². The normalized spacial score (nSPS) is 27.1. The number of nitrogens with one attached hydrogen (secondary N) is 1. The molecule has 0 radical (unpaired) electrons. The summed E-state index contributed by atoms with van der Waals surface area (Å²) in [6.07, 6.45) is 6.97. The molecule has 1 aliphatic carbocycles. The van der Waals surface area contributed by atoms with Crippen molar-refractivity contribution in [1.29, 1.82) is 0 Å². The monoisotopic (exact) mass is 440 g/mol. The van der Waals surface area contributed by atoms with E-state index in [2.05, 4.69) is 55.9 Å². The van der Waals surface area contributed by atoms with E-state index in [1.165, 1.54) is 61.9 Å². The van der Waals surface area contributed by atoms with E-state index in [4.69, 9.17) is 5.73 Å². The van der Waals surface area contributed by atoms with Gasteiger partial charge >= 0.3 is 0 Å². The van der Waals surface area contributed by atoms with Gasteiger partial charge in [-0.3, -0.25) is 14.8 Å². The van der Waals surface area contributed by atoms with E-state index in [1.54, 1.807) is 0 Å². The molecule has 2 aromatic rings. The molecule has 1 saturated heterocycles. The Balaban J connectivity index is 1.11. The van der Waals surface area contributed by atoms with Crippen LogP contribution in [0.5, 0.6) is 0 Å². The number of benzene rings is 1. The summed E-state index contributed by atoms with van der Waals surface area (Å²) in [5.41, 5.74) is 8.57. The minimum absolute atomic E-state index is 0.475. The van der Waals surface area contributed by atoms with Crippen molar-refractivity contribution in [3.63, 3.8) is 0 Å². The summed E-state index contributed by atoms with van der Waals surface area (Å²) >= 11 is 1.82. The first-order chi connectivity index (χ1) is 15.2. The van der Waals surface area contributed by atoms with Gasteiger partial charge in [0.05, 0.1) is 6.04 Å². The number of fused-ring (bicyclic) bond motifs is 2. The molecule has 2 fully saturated rings. The number of hydrogen-bond donors (Lipinski definition) is 2. The number of nitrogens with two attached hydrogens (primary N) is 1. The Kier molecular flexibility index (Phi) is 6.44. The molecule has 168 valence electrons. The number of aromatic nitrogens is 1. The lowest BCUT2D eigenvalue weighted by molar-refractivity contribution is 0.128. The molecule has 1 aromatic heterocycles. The van der Waals surface area contributed by atoms with Crippen molar-refractivity contribution in [3.8, 4) is 0 Å². The third kappa shape index (κ3) is 4.73. The van der Waals surface area contributed by atoms with E-state index in [1.807, 2.05) is 18.0 Å². The molecule has 1 aromatic carbocycles. The summed E-state index contributed by atoms with van der Waals surface area (Å²) < 4.78 is 0. The van der Waals surface area contributed by atoms with Gasteiger partial charge in [-0.2, -0.15) is 0 Å². The molecule has 5 rings (SSSR count). The molecule has 3 N–H and O–H groups in total. The highest BCUT2D eigenvalue weighted by molar-refractivity contribution is 8.14. The lowest BCUT2D eigenvalue weighted by Crippen LogP contribution is -2.50. The molecule has 0 spiro atoms. The van der Waals surface area contributed by atoms with Crippen molar-refractivity contribution in [2.24, 2.45) is 10.7 Å². The predicted octanol–water partition coefficient (Wildman–Crippen LogP) is 3.35. The second kappa shape index (κ2) is 9.43. The van der Waals surface area contributed by atoms with E-state index in [0.717, 1.165) is 31.3 Å². The van der Waals surface area contributed by atoms with Crippen LogP contribution in [0, 0.1) is 0 Å². The molecule has 6 nitrogen and oxygen atoms in total. The molecule has 2 aliphatic heterocycles. The fourth-order valence-corrected chi connectivity index (χ4v) is 6.73. The molecular formula is C24H36N6S. The highest BCUT2D eigenvalue weighted by atomic mass is 32.2. The van der Waals surface area contributed by atoms with Crippen molar-refractivity contribution in [3.05, 3.63) is 30.5 Å². The van der Waals surface area contributed by atoms with Crippen LogP contribution in [0.1, 0.15) is 32.6 Å². The van der Waals surface area contributed by atoms with Gasteiger partial charge in [0.2, 0.25) is 0 Å². The zero-order chi connectivity index (χ0) is 21.2. The Morgan fingerprint density at radius 3 is 2.87 bits per heavy atom. The fraction of sp³-hybridized carbons (Fsp3) is 0.625. The predicted molar refractivity (Wildman–Crippen MR) is 133 cm³/mol. The van der Waals surface area contributed by atoms with Crippen LogP contribution < -0.4 is 10.6 Å². The maximum Gasteiger partial charge on any atom is 0.154 e. The Bertz CT molecular complexity index is 902. The average molecular weight is 441 g/mol. The number of H-pyrrole nitrogens is 1. The van der Waals surface area contributed by atoms with Crippen LogP contribution in [-0.4, -0.2) is 83.1 Å².